The van der Waals surface area contributed by atoms with E-state index in [9.17, 15) is 0 Å². The molecule has 3 aromatic rings. The lowest BCUT2D eigenvalue weighted by atomic mass is 10.3. The maximum absolute atomic E-state index is 5.71. The lowest BCUT2D eigenvalue weighted by Crippen LogP contribution is -1.82. The van der Waals surface area contributed by atoms with E-state index < -0.39 is 0 Å². The van der Waals surface area contributed by atoms with Crippen LogP contribution in [-0.4, -0.2) is 20.2 Å². The van der Waals surface area contributed by atoms with E-state index in [1.807, 2.05) is 18.2 Å². The first kappa shape index (κ1) is 11.1. The van der Waals surface area contributed by atoms with Crippen LogP contribution in [0.3, 0.4) is 0 Å². The van der Waals surface area contributed by atoms with Crippen molar-refractivity contribution in [1.82, 2.24) is 20.2 Å². The van der Waals surface area contributed by atoms with Crippen molar-refractivity contribution in [2.24, 2.45) is 0 Å². The molecule has 0 fully saturated rings. The van der Waals surface area contributed by atoms with Gasteiger partial charge >= 0.3 is 0 Å². The molecule has 0 saturated heterocycles. The number of hydrogen-bond donors (Lipinski definition) is 2. The van der Waals surface area contributed by atoms with Gasteiger partial charge in [0.15, 0.2) is 5.16 Å². The van der Waals surface area contributed by atoms with Crippen molar-refractivity contribution in [2.45, 2.75) is 17.8 Å². The number of nitrogens with zero attached hydrogens (tertiary/aromatic N) is 3. The predicted molar refractivity (Wildman–Crippen MR) is 69.1 cm³/mol. The third-order valence-corrected chi connectivity index (χ3v) is 3.24. The molecule has 0 atom stereocenters. The summed E-state index contributed by atoms with van der Waals surface area (Å²) >= 11 is 1.51. The number of nitrogens with two attached hydrogens (primary N) is 1. The van der Waals surface area contributed by atoms with Gasteiger partial charge in [-0.1, -0.05) is 11.8 Å². The number of fused-ring (bicyclic) bond motifs is 1. The van der Waals surface area contributed by atoms with Gasteiger partial charge in [-0.15, -0.1) is 10.2 Å². The molecule has 0 aliphatic heterocycles. The Morgan fingerprint density at radius 3 is 3.06 bits per heavy atom. The lowest BCUT2D eigenvalue weighted by Gasteiger charge is -1.91. The smallest absolute Gasteiger partial charge is 0.226 e. The fraction of sp³-hybridized carbons (Fsp3) is 0.182. The van der Waals surface area contributed by atoms with E-state index in [0.29, 0.717) is 17.5 Å². The highest BCUT2D eigenvalue weighted by Gasteiger charge is 2.07. The molecule has 0 aliphatic carbocycles. The van der Waals surface area contributed by atoms with Gasteiger partial charge in [-0.05, 0) is 18.2 Å². The number of nitrogen functional groups attached to an aromatic ring is 1. The van der Waals surface area contributed by atoms with Gasteiger partial charge in [-0.25, -0.2) is 4.98 Å². The fourth-order valence-corrected chi connectivity index (χ4v) is 2.32. The Kier molecular flexibility index (Phi) is 2.67. The first-order chi connectivity index (χ1) is 8.70. The number of thioether (sulfide) groups is 1. The molecule has 3 rings (SSSR count). The molecule has 18 heavy (non-hydrogen) atoms. The van der Waals surface area contributed by atoms with Crippen LogP contribution in [-0.2, 0) is 5.75 Å². The van der Waals surface area contributed by atoms with Crippen molar-refractivity contribution in [1.29, 1.82) is 0 Å². The Morgan fingerprint density at radius 2 is 2.28 bits per heavy atom. The van der Waals surface area contributed by atoms with Crippen LogP contribution in [0.2, 0.25) is 0 Å². The summed E-state index contributed by atoms with van der Waals surface area (Å²) in [6.45, 7) is 1.77. The minimum absolute atomic E-state index is 0.572. The van der Waals surface area contributed by atoms with Crippen LogP contribution < -0.4 is 5.73 Å². The van der Waals surface area contributed by atoms with Crippen molar-refractivity contribution in [2.75, 3.05) is 5.73 Å². The van der Waals surface area contributed by atoms with Crippen LogP contribution in [0.5, 0.6) is 0 Å². The molecular weight excluding hydrogens is 250 g/mol. The highest BCUT2D eigenvalue weighted by Crippen LogP contribution is 2.23. The van der Waals surface area contributed by atoms with E-state index in [0.717, 1.165) is 21.9 Å². The number of anilines is 1. The molecule has 0 spiro atoms. The molecule has 3 N–H and O–H groups in total. The van der Waals surface area contributed by atoms with Gasteiger partial charge in [0.05, 0.1) is 16.8 Å². The van der Waals surface area contributed by atoms with E-state index in [1.165, 1.54) is 11.8 Å². The summed E-state index contributed by atoms with van der Waals surface area (Å²) in [5, 5.41) is 8.52. The quantitative estimate of drug-likeness (QED) is 0.554. The fourth-order valence-electron chi connectivity index (χ4n) is 1.60. The van der Waals surface area contributed by atoms with Crippen LogP contribution >= 0.6 is 11.8 Å². The van der Waals surface area contributed by atoms with Gasteiger partial charge in [0.25, 0.3) is 0 Å². The molecule has 0 bridgehead atoms. The molecule has 6 nitrogen and oxygen atoms in total. The van der Waals surface area contributed by atoms with Crippen molar-refractivity contribution in [3.05, 3.63) is 30.0 Å². The highest BCUT2D eigenvalue weighted by molar-refractivity contribution is 7.98. The summed E-state index contributed by atoms with van der Waals surface area (Å²) < 4.78 is 5.29. The predicted octanol–water partition coefficient (Wildman–Crippen LogP) is 2.13. The minimum atomic E-state index is 0.572. The van der Waals surface area contributed by atoms with Crippen LogP contribution in [0.4, 0.5) is 5.69 Å². The van der Waals surface area contributed by atoms with Crippen molar-refractivity contribution < 1.29 is 4.42 Å². The molecule has 0 aliphatic rings. The average Bonchev–Trinajstić information content (AvgIpc) is 2.92. The van der Waals surface area contributed by atoms with Gasteiger partial charge in [0, 0.05) is 12.6 Å². The molecule has 0 radical (unpaired) electrons. The second kappa shape index (κ2) is 4.34. The highest BCUT2D eigenvalue weighted by atomic mass is 32.2. The Hall–Kier alpha value is -2.02. The number of rotatable bonds is 3. The van der Waals surface area contributed by atoms with Crippen molar-refractivity contribution >= 4 is 28.5 Å². The van der Waals surface area contributed by atoms with Crippen LogP contribution in [0.1, 0.15) is 11.8 Å². The molecule has 1 aromatic carbocycles. The number of nitrogens with one attached hydrogen (secondary N) is 1. The summed E-state index contributed by atoms with van der Waals surface area (Å²) in [6.07, 6.45) is 0. The summed E-state index contributed by atoms with van der Waals surface area (Å²) in [6, 6.07) is 5.59. The number of imidazole rings is 1. The van der Waals surface area contributed by atoms with Crippen LogP contribution in [0.25, 0.3) is 11.0 Å². The zero-order valence-electron chi connectivity index (χ0n) is 9.67. The summed E-state index contributed by atoms with van der Waals surface area (Å²) in [7, 11) is 0. The van der Waals surface area contributed by atoms with Gasteiger partial charge in [-0.3, -0.25) is 0 Å². The average molecular weight is 261 g/mol. The van der Waals surface area contributed by atoms with Gasteiger partial charge in [0.1, 0.15) is 0 Å². The SMILES string of the molecule is Cc1nnc(CSc2nc3ccc(N)cc3[nH]2)o1. The molecule has 2 heterocycles. The lowest BCUT2D eigenvalue weighted by molar-refractivity contribution is 0.485. The monoisotopic (exact) mass is 261 g/mol. The van der Waals surface area contributed by atoms with E-state index in [2.05, 4.69) is 20.2 Å². The molecular formula is C11H11N5OS. The van der Waals surface area contributed by atoms with Gasteiger partial charge in [0.2, 0.25) is 11.8 Å². The zero-order valence-corrected chi connectivity index (χ0v) is 10.5. The normalized spacial score (nSPS) is 11.2. The van der Waals surface area contributed by atoms with Crippen molar-refractivity contribution in [3.63, 3.8) is 0 Å². The number of aromatic amines is 1. The van der Waals surface area contributed by atoms with Gasteiger partial charge < -0.3 is 15.1 Å². The number of aryl methyl sites for hydroxylation is 1. The Labute approximate surface area is 107 Å². The van der Waals surface area contributed by atoms with E-state index in [1.54, 1.807) is 6.92 Å². The number of H-pyrrole nitrogens is 1. The first-order valence-corrected chi connectivity index (χ1v) is 6.36. The standard InChI is InChI=1S/C11H11N5OS/c1-6-15-16-10(17-6)5-18-11-13-8-3-2-7(12)4-9(8)14-11/h2-4H,5,12H2,1H3,(H,13,14). The van der Waals surface area contributed by atoms with E-state index in [-0.39, 0.29) is 0 Å². The zero-order chi connectivity index (χ0) is 12.5. The Bertz CT molecular complexity index is 690. The number of benzene rings is 1. The Morgan fingerprint density at radius 1 is 1.39 bits per heavy atom. The molecule has 0 amide bonds. The molecule has 0 saturated carbocycles. The molecule has 2 aromatic heterocycles. The van der Waals surface area contributed by atoms with Crippen LogP contribution in [0, 0.1) is 6.92 Å². The summed E-state index contributed by atoms with van der Waals surface area (Å²) in [5.41, 5.74) is 8.26. The van der Waals surface area contributed by atoms with E-state index >= 15 is 0 Å². The minimum Gasteiger partial charge on any atom is -0.425 e. The second-order valence-corrected chi connectivity index (χ2v) is 4.79. The third kappa shape index (κ3) is 2.17. The maximum Gasteiger partial charge on any atom is 0.226 e. The van der Waals surface area contributed by atoms with E-state index in [4.69, 9.17) is 10.2 Å². The summed E-state index contributed by atoms with van der Waals surface area (Å²) in [5.74, 6) is 1.76. The number of hydrogen-bond acceptors (Lipinski definition) is 6. The second-order valence-electron chi connectivity index (χ2n) is 3.82. The molecule has 7 heteroatoms. The van der Waals surface area contributed by atoms with Crippen LogP contribution in [0.15, 0.2) is 27.8 Å². The largest absolute Gasteiger partial charge is 0.425 e. The molecule has 0 unspecified atom stereocenters. The summed E-state index contributed by atoms with van der Waals surface area (Å²) in [4.78, 5) is 7.63. The van der Waals surface area contributed by atoms with Gasteiger partial charge in [-0.2, -0.15) is 0 Å². The maximum atomic E-state index is 5.71. The Balaban J connectivity index is 1.78. The topological polar surface area (TPSA) is 93.6 Å². The molecule has 92 valence electrons. The van der Waals surface area contributed by atoms with Crippen molar-refractivity contribution in [3.8, 4) is 0 Å². The number of aromatic nitrogens is 4. The first-order valence-electron chi connectivity index (χ1n) is 5.38. The third-order valence-electron chi connectivity index (χ3n) is 2.38.